The van der Waals surface area contributed by atoms with Gasteiger partial charge in [0.05, 0.1) is 19.8 Å². The second-order valence-corrected chi connectivity index (χ2v) is 6.55. The number of hydrogen-bond acceptors (Lipinski definition) is 4. The lowest BCUT2D eigenvalue weighted by Gasteiger charge is -2.18. The van der Waals surface area contributed by atoms with E-state index in [4.69, 9.17) is 9.47 Å². The minimum absolute atomic E-state index is 0.380. The molecule has 1 aliphatic rings. The molecule has 26 heavy (non-hydrogen) atoms. The molecule has 1 heterocycles. The summed E-state index contributed by atoms with van der Waals surface area (Å²) in [5.41, 5.74) is 0. The minimum Gasteiger partial charge on any atom is -0.381 e. The summed E-state index contributed by atoms with van der Waals surface area (Å²) in [6.07, 6.45) is -1.63. The SMILES string of the molecule is CCNC(=NCCCOCC1CCOC1)NCCCN(C)CC(F)(F)F. The normalized spacial score (nSPS) is 18.5. The molecule has 1 rings (SSSR count). The average Bonchev–Trinajstić information content (AvgIpc) is 3.06. The first-order chi connectivity index (χ1) is 12.4. The lowest BCUT2D eigenvalue weighted by molar-refractivity contribution is -0.143. The standard InChI is InChI=1S/C17H33F3N4O2/c1-3-21-16(22-7-4-9-24(2)14-17(18,19)20)23-8-5-10-25-12-15-6-11-26-13-15/h15H,3-14H2,1-2H3,(H2,21,22,23). The predicted molar refractivity (Wildman–Crippen MR) is 96.5 cm³/mol. The molecular formula is C17H33F3N4O2. The van der Waals surface area contributed by atoms with Crippen LogP contribution in [0.25, 0.3) is 0 Å². The highest BCUT2D eigenvalue weighted by molar-refractivity contribution is 5.79. The molecule has 6 nitrogen and oxygen atoms in total. The fourth-order valence-corrected chi connectivity index (χ4v) is 2.60. The van der Waals surface area contributed by atoms with Crippen molar-refractivity contribution in [1.29, 1.82) is 0 Å². The van der Waals surface area contributed by atoms with E-state index in [-0.39, 0.29) is 0 Å². The molecule has 0 aromatic heterocycles. The van der Waals surface area contributed by atoms with Crippen LogP contribution in [-0.4, -0.2) is 83.2 Å². The van der Waals surface area contributed by atoms with E-state index in [0.717, 1.165) is 39.2 Å². The molecule has 2 N–H and O–H groups in total. The van der Waals surface area contributed by atoms with E-state index in [1.165, 1.54) is 11.9 Å². The van der Waals surface area contributed by atoms with Crippen LogP contribution in [0.3, 0.4) is 0 Å². The van der Waals surface area contributed by atoms with Crippen molar-refractivity contribution < 1.29 is 22.6 Å². The maximum Gasteiger partial charge on any atom is 0.401 e. The van der Waals surface area contributed by atoms with Crippen molar-refractivity contribution in [3.63, 3.8) is 0 Å². The quantitative estimate of drug-likeness (QED) is 0.307. The molecule has 0 aromatic rings. The van der Waals surface area contributed by atoms with Gasteiger partial charge in [-0.25, -0.2) is 0 Å². The van der Waals surface area contributed by atoms with Gasteiger partial charge in [0.15, 0.2) is 5.96 Å². The Kier molecular flexibility index (Phi) is 11.6. The van der Waals surface area contributed by atoms with E-state index in [9.17, 15) is 13.2 Å². The van der Waals surface area contributed by atoms with Gasteiger partial charge >= 0.3 is 6.18 Å². The molecule has 9 heteroatoms. The third kappa shape index (κ3) is 12.3. The zero-order valence-electron chi connectivity index (χ0n) is 15.9. The van der Waals surface area contributed by atoms with Gasteiger partial charge in [0.1, 0.15) is 0 Å². The number of rotatable bonds is 12. The minimum atomic E-state index is -4.15. The van der Waals surface area contributed by atoms with Crippen molar-refractivity contribution in [1.82, 2.24) is 15.5 Å². The molecule has 0 spiro atoms. The Hall–Kier alpha value is -1.06. The molecule has 1 unspecified atom stereocenters. The summed E-state index contributed by atoms with van der Waals surface area (Å²) in [4.78, 5) is 5.73. The molecule has 154 valence electrons. The van der Waals surface area contributed by atoms with Crippen LogP contribution >= 0.6 is 0 Å². The molecule has 0 aromatic carbocycles. The molecule has 0 amide bonds. The average molecular weight is 382 g/mol. The Labute approximate surface area is 154 Å². The third-order valence-electron chi connectivity index (χ3n) is 3.90. The summed E-state index contributed by atoms with van der Waals surface area (Å²) in [6.45, 7) is 6.47. The fourth-order valence-electron chi connectivity index (χ4n) is 2.60. The number of nitrogens with one attached hydrogen (secondary N) is 2. The number of halogens is 3. The Bertz CT molecular complexity index is 389. The largest absolute Gasteiger partial charge is 0.401 e. The van der Waals surface area contributed by atoms with Crippen molar-refractivity contribution in [2.75, 3.05) is 66.2 Å². The van der Waals surface area contributed by atoms with Gasteiger partial charge in [-0.3, -0.25) is 9.89 Å². The first-order valence-electron chi connectivity index (χ1n) is 9.33. The maximum absolute atomic E-state index is 12.3. The zero-order valence-corrected chi connectivity index (χ0v) is 15.9. The van der Waals surface area contributed by atoms with Gasteiger partial charge in [0, 0.05) is 38.8 Å². The Balaban J connectivity index is 2.09. The number of aliphatic imine (C=N–C) groups is 1. The van der Waals surface area contributed by atoms with Gasteiger partial charge < -0.3 is 20.1 Å². The molecule has 0 aliphatic carbocycles. The number of hydrogen-bond donors (Lipinski definition) is 2. The van der Waals surface area contributed by atoms with Crippen molar-refractivity contribution in [2.45, 2.75) is 32.4 Å². The smallest absolute Gasteiger partial charge is 0.381 e. The molecular weight excluding hydrogens is 349 g/mol. The van der Waals surface area contributed by atoms with E-state index < -0.39 is 12.7 Å². The highest BCUT2D eigenvalue weighted by Crippen LogP contribution is 2.15. The Morgan fingerprint density at radius 1 is 1.31 bits per heavy atom. The van der Waals surface area contributed by atoms with Crippen molar-refractivity contribution in [3.05, 3.63) is 0 Å². The summed E-state index contributed by atoms with van der Waals surface area (Å²) in [5.74, 6) is 1.21. The summed E-state index contributed by atoms with van der Waals surface area (Å²) >= 11 is 0. The topological polar surface area (TPSA) is 58.1 Å². The fraction of sp³-hybridized carbons (Fsp3) is 0.941. The van der Waals surface area contributed by atoms with Crippen LogP contribution in [0, 0.1) is 5.92 Å². The van der Waals surface area contributed by atoms with Gasteiger partial charge in [-0.15, -0.1) is 0 Å². The van der Waals surface area contributed by atoms with E-state index in [1.54, 1.807) is 0 Å². The van der Waals surface area contributed by atoms with E-state index in [0.29, 0.717) is 44.5 Å². The highest BCUT2D eigenvalue weighted by atomic mass is 19.4. The maximum atomic E-state index is 12.3. The number of guanidine groups is 1. The monoisotopic (exact) mass is 382 g/mol. The predicted octanol–water partition coefficient (Wildman–Crippen LogP) is 1.87. The van der Waals surface area contributed by atoms with Crippen LogP contribution < -0.4 is 10.6 Å². The van der Waals surface area contributed by atoms with E-state index in [1.807, 2.05) is 6.92 Å². The molecule has 1 atom stereocenters. The molecule has 0 radical (unpaired) electrons. The van der Waals surface area contributed by atoms with Crippen LogP contribution in [-0.2, 0) is 9.47 Å². The highest BCUT2D eigenvalue weighted by Gasteiger charge is 2.28. The van der Waals surface area contributed by atoms with Gasteiger partial charge in [-0.05, 0) is 39.8 Å². The second kappa shape index (κ2) is 13.2. The second-order valence-electron chi connectivity index (χ2n) is 6.55. The first-order valence-corrected chi connectivity index (χ1v) is 9.33. The van der Waals surface area contributed by atoms with Crippen LogP contribution in [0.2, 0.25) is 0 Å². The third-order valence-corrected chi connectivity index (χ3v) is 3.90. The lowest BCUT2D eigenvalue weighted by atomic mass is 10.1. The van der Waals surface area contributed by atoms with Crippen molar-refractivity contribution >= 4 is 5.96 Å². The molecule has 1 aliphatic heterocycles. The number of alkyl halides is 3. The number of ether oxygens (including phenoxy) is 2. The summed E-state index contributed by atoms with van der Waals surface area (Å²) < 4.78 is 47.7. The van der Waals surface area contributed by atoms with Gasteiger partial charge in [0.25, 0.3) is 0 Å². The van der Waals surface area contributed by atoms with Gasteiger partial charge in [0.2, 0.25) is 0 Å². The van der Waals surface area contributed by atoms with Crippen LogP contribution in [0.1, 0.15) is 26.2 Å². The van der Waals surface area contributed by atoms with Crippen LogP contribution in [0.15, 0.2) is 4.99 Å². The zero-order chi connectivity index (χ0) is 19.3. The molecule has 0 saturated carbocycles. The lowest BCUT2D eigenvalue weighted by Crippen LogP contribution is -2.39. The summed E-state index contributed by atoms with van der Waals surface area (Å²) in [6, 6.07) is 0. The van der Waals surface area contributed by atoms with Crippen molar-refractivity contribution in [3.8, 4) is 0 Å². The van der Waals surface area contributed by atoms with Gasteiger partial charge in [-0.2, -0.15) is 13.2 Å². The molecule has 0 bridgehead atoms. The van der Waals surface area contributed by atoms with E-state index in [2.05, 4.69) is 15.6 Å². The molecule has 1 fully saturated rings. The van der Waals surface area contributed by atoms with E-state index >= 15 is 0 Å². The van der Waals surface area contributed by atoms with Crippen LogP contribution in [0.5, 0.6) is 0 Å². The summed E-state index contributed by atoms with van der Waals surface area (Å²) in [5, 5.41) is 6.28. The Morgan fingerprint density at radius 2 is 2.12 bits per heavy atom. The van der Waals surface area contributed by atoms with Gasteiger partial charge in [-0.1, -0.05) is 0 Å². The first kappa shape index (κ1) is 23.0. The number of nitrogens with zero attached hydrogens (tertiary/aromatic N) is 2. The van der Waals surface area contributed by atoms with Crippen molar-refractivity contribution in [2.24, 2.45) is 10.9 Å². The Morgan fingerprint density at radius 3 is 2.77 bits per heavy atom. The van der Waals surface area contributed by atoms with Crippen LogP contribution in [0.4, 0.5) is 13.2 Å². The summed E-state index contributed by atoms with van der Waals surface area (Å²) in [7, 11) is 1.48. The molecule has 1 saturated heterocycles.